The molecule has 0 aliphatic carbocycles. The van der Waals surface area contributed by atoms with Crippen LogP contribution in [0.2, 0.25) is 0 Å². The maximum absolute atomic E-state index is 12.7. The van der Waals surface area contributed by atoms with Crippen molar-refractivity contribution in [2.24, 2.45) is 0 Å². The summed E-state index contributed by atoms with van der Waals surface area (Å²) in [6.45, 7) is 3.86. The van der Waals surface area contributed by atoms with Crippen LogP contribution >= 0.6 is 61.2 Å². The monoisotopic (exact) mass is 834 g/mol. The van der Waals surface area contributed by atoms with Gasteiger partial charge >= 0.3 is 11.9 Å². The van der Waals surface area contributed by atoms with Crippen LogP contribution in [0.3, 0.4) is 0 Å². The lowest BCUT2D eigenvalue weighted by molar-refractivity contribution is 0.0510. The van der Waals surface area contributed by atoms with Crippen molar-refractivity contribution in [3.8, 4) is 11.4 Å². The molecule has 0 atom stereocenters. The Labute approximate surface area is 290 Å². The number of para-hydroxylation sites is 1. The first kappa shape index (κ1) is 33.2. The highest BCUT2D eigenvalue weighted by Crippen LogP contribution is 2.37. The third kappa shape index (κ3) is 6.42. The number of nitrogens with zero attached hydrogens (tertiary/aromatic N) is 4. The number of halogens is 2. The molecule has 0 aliphatic rings. The SMILES string of the molecule is CCOC(=O)c1nn(-c2ccc(I)cc2)c(=O)c2c(N)scc12.CCOC(=O)c1nn(-c2ccccc2)c(=O)c2c(N)sc(Br)c12. The second-order valence-corrected chi connectivity index (χ2v) is 13.8. The van der Waals surface area contributed by atoms with Crippen molar-refractivity contribution in [2.75, 3.05) is 24.7 Å². The largest absolute Gasteiger partial charge is 0.461 e. The molecule has 236 valence electrons. The van der Waals surface area contributed by atoms with Crippen LogP contribution in [0.1, 0.15) is 34.8 Å². The Morgan fingerprint density at radius 3 is 1.96 bits per heavy atom. The minimum Gasteiger partial charge on any atom is -0.461 e. The van der Waals surface area contributed by atoms with E-state index in [1.165, 1.54) is 32.0 Å². The molecular weight excluding hydrogens is 811 g/mol. The summed E-state index contributed by atoms with van der Waals surface area (Å²) in [6.07, 6.45) is 0. The van der Waals surface area contributed by atoms with E-state index in [1.54, 1.807) is 55.6 Å². The molecule has 16 heteroatoms. The number of hydrogen-bond donors (Lipinski definition) is 2. The van der Waals surface area contributed by atoms with Crippen molar-refractivity contribution in [3.63, 3.8) is 0 Å². The van der Waals surface area contributed by atoms with Gasteiger partial charge in [0.05, 0.1) is 44.1 Å². The van der Waals surface area contributed by atoms with Crippen LogP contribution in [0.25, 0.3) is 32.9 Å². The second kappa shape index (κ2) is 14.1. The van der Waals surface area contributed by atoms with Crippen molar-refractivity contribution in [1.82, 2.24) is 19.6 Å². The highest BCUT2D eigenvalue weighted by Gasteiger charge is 2.24. The molecule has 4 heterocycles. The molecular formula is C30H24BrIN6O6S2. The summed E-state index contributed by atoms with van der Waals surface area (Å²) in [6, 6.07) is 16.1. The number of anilines is 2. The maximum atomic E-state index is 12.7. The minimum absolute atomic E-state index is 0.0603. The van der Waals surface area contributed by atoms with Gasteiger partial charge in [0, 0.05) is 19.7 Å². The van der Waals surface area contributed by atoms with Crippen molar-refractivity contribution >= 4 is 105 Å². The van der Waals surface area contributed by atoms with Gasteiger partial charge in [0.15, 0.2) is 11.4 Å². The van der Waals surface area contributed by atoms with E-state index < -0.39 is 11.9 Å². The highest BCUT2D eigenvalue weighted by molar-refractivity contribution is 14.1. The van der Waals surface area contributed by atoms with Gasteiger partial charge in [-0.3, -0.25) is 9.59 Å². The number of rotatable bonds is 6. The van der Waals surface area contributed by atoms with Gasteiger partial charge in [-0.2, -0.15) is 19.6 Å². The molecule has 0 bridgehead atoms. The van der Waals surface area contributed by atoms with Gasteiger partial charge in [-0.05, 0) is 88.8 Å². The van der Waals surface area contributed by atoms with Crippen LogP contribution in [0.4, 0.5) is 10.0 Å². The molecule has 2 aromatic carbocycles. The van der Waals surface area contributed by atoms with Crippen molar-refractivity contribution in [1.29, 1.82) is 0 Å². The first-order valence-corrected chi connectivity index (χ1v) is 17.1. The number of carbonyl (C=O) groups excluding carboxylic acids is 2. The zero-order chi connectivity index (χ0) is 33.1. The summed E-state index contributed by atoms with van der Waals surface area (Å²) in [5.74, 6) is -1.17. The number of ether oxygens (including phenoxy) is 2. The molecule has 0 saturated heterocycles. The Morgan fingerprint density at radius 1 is 0.804 bits per heavy atom. The van der Waals surface area contributed by atoms with Crippen LogP contribution in [-0.4, -0.2) is 44.7 Å². The molecule has 0 spiro atoms. The summed E-state index contributed by atoms with van der Waals surface area (Å²) in [5.41, 5.74) is 12.4. The Bertz CT molecular complexity index is 2210. The number of nitrogens with two attached hydrogens (primary N) is 2. The Hall–Kier alpha value is -4.13. The predicted octanol–water partition coefficient (Wildman–Crippen LogP) is 5.78. The fourth-order valence-electron chi connectivity index (χ4n) is 4.41. The number of fused-ring (bicyclic) bond motifs is 2. The van der Waals surface area contributed by atoms with E-state index in [2.05, 4.69) is 48.7 Å². The molecule has 0 unspecified atom stereocenters. The van der Waals surface area contributed by atoms with Crippen LogP contribution in [0.5, 0.6) is 0 Å². The van der Waals surface area contributed by atoms with Crippen LogP contribution < -0.4 is 22.6 Å². The fourth-order valence-corrected chi connectivity index (χ4v) is 7.26. The van der Waals surface area contributed by atoms with Crippen molar-refractivity contribution in [3.05, 3.63) is 99.4 Å². The molecule has 0 fully saturated rings. The van der Waals surface area contributed by atoms with Crippen LogP contribution in [0, 0.1) is 3.57 Å². The Morgan fingerprint density at radius 2 is 1.35 bits per heavy atom. The smallest absolute Gasteiger partial charge is 0.359 e. The Kier molecular flexibility index (Phi) is 10.2. The van der Waals surface area contributed by atoms with Gasteiger partial charge < -0.3 is 20.9 Å². The molecule has 0 radical (unpaired) electrons. The third-order valence-corrected chi connectivity index (χ3v) is 9.65. The van der Waals surface area contributed by atoms with Gasteiger partial charge in [-0.1, -0.05) is 18.2 Å². The van der Waals surface area contributed by atoms with E-state index in [1.807, 2.05) is 18.2 Å². The van der Waals surface area contributed by atoms with Gasteiger partial charge in [0.25, 0.3) is 11.1 Å². The lowest BCUT2D eigenvalue weighted by Crippen LogP contribution is -2.25. The zero-order valence-corrected chi connectivity index (χ0v) is 29.5. The van der Waals surface area contributed by atoms with E-state index in [4.69, 9.17) is 20.9 Å². The predicted molar refractivity (Wildman–Crippen MR) is 192 cm³/mol. The maximum Gasteiger partial charge on any atom is 0.359 e. The molecule has 6 aromatic rings. The van der Waals surface area contributed by atoms with Crippen LogP contribution in [-0.2, 0) is 9.47 Å². The standard InChI is InChI=1S/C15H12BrN3O3S.C15H12IN3O3S/c1-2-22-15(21)11-9-10(13(17)23-12(9)16)14(20)19(18-11)8-6-4-3-5-7-8;1-2-22-15(21)12-10-7-23-13(17)11(10)14(20)19(18-12)9-5-3-8(16)4-6-9/h2*3-7H,2,17H2,1H3. The first-order chi connectivity index (χ1) is 22.1. The number of thiophene rings is 2. The van der Waals surface area contributed by atoms with E-state index in [9.17, 15) is 19.2 Å². The second-order valence-electron chi connectivity index (χ2n) is 9.26. The number of benzene rings is 2. The molecule has 4 aromatic heterocycles. The molecule has 0 amide bonds. The summed E-state index contributed by atoms with van der Waals surface area (Å²) in [4.78, 5) is 49.9. The highest BCUT2D eigenvalue weighted by atomic mass is 127. The topological polar surface area (TPSA) is 174 Å². The first-order valence-electron chi connectivity index (χ1n) is 13.5. The number of nitrogen functional groups attached to an aromatic ring is 2. The van der Waals surface area contributed by atoms with Crippen molar-refractivity contribution in [2.45, 2.75) is 13.8 Å². The average molecular weight is 835 g/mol. The summed E-state index contributed by atoms with van der Waals surface area (Å²) >= 11 is 7.90. The van der Waals surface area contributed by atoms with Crippen LogP contribution in [0.15, 0.2) is 73.4 Å². The zero-order valence-electron chi connectivity index (χ0n) is 24.2. The number of esters is 2. The number of aromatic nitrogens is 4. The molecule has 0 saturated carbocycles. The number of carbonyl (C=O) groups is 2. The number of hydrogen-bond acceptors (Lipinski definition) is 12. The molecule has 12 nitrogen and oxygen atoms in total. The lowest BCUT2D eigenvalue weighted by Gasteiger charge is -2.09. The summed E-state index contributed by atoms with van der Waals surface area (Å²) in [5, 5.41) is 12.2. The van der Waals surface area contributed by atoms with E-state index in [0.29, 0.717) is 41.3 Å². The van der Waals surface area contributed by atoms with Crippen molar-refractivity contribution < 1.29 is 19.1 Å². The van der Waals surface area contributed by atoms with Gasteiger partial charge in [0.1, 0.15) is 5.00 Å². The molecule has 4 N–H and O–H groups in total. The minimum atomic E-state index is -0.597. The fraction of sp³-hybridized carbons (Fsp3) is 0.133. The average Bonchev–Trinajstić information content (AvgIpc) is 3.58. The summed E-state index contributed by atoms with van der Waals surface area (Å²) in [7, 11) is 0. The van der Waals surface area contributed by atoms with E-state index in [0.717, 1.165) is 3.57 Å². The van der Waals surface area contributed by atoms with E-state index >= 15 is 0 Å². The van der Waals surface area contributed by atoms with Gasteiger partial charge in [-0.25, -0.2) is 9.59 Å². The quantitative estimate of drug-likeness (QED) is 0.155. The molecule has 0 aliphatic heterocycles. The molecule has 46 heavy (non-hydrogen) atoms. The van der Waals surface area contributed by atoms with Gasteiger partial charge in [-0.15, -0.1) is 22.7 Å². The Balaban J connectivity index is 0.000000181. The third-order valence-electron chi connectivity index (χ3n) is 6.43. The molecule has 6 rings (SSSR count). The van der Waals surface area contributed by atoms with E-state index in [-0.39, 0.29) is 41.1 Å². The summed E-state index contributed by atoms with van der Waals surface area (Å²) < 4.78 is 14.1. The van der Waals surface area contributed by atoms with Gasteiger partial charge in [0.2, 0.25) is 0 Å². The lowest BCUT2D eigenvalue weighted by atomic mass is 10.2. The normalized spacial score (nSPS) is 10.9.